The highest BCUT2D eigenvalue weighted by molar-refractivity contribution is 5.79. The lowest BCUT2D eigenvalue weighted by molar-refractivity contribution is -0.142. The summed E-state index contributed by atoms with van der Waals surface area (Å²) < 4.78 is 7.15. The molecule has 2 aromatic rings. The van der Waals surface area contributed by atoms with Gasteiger partial charge in [-0.3, -0.25) is 9.69 Å². The normalized spacial score (nSPS) is 21.5. The first-order valence-corrected chi connectivity index (χ1v) is 7.43. The van der Waals surface area contributed by atoms with Crippen molar-refractivity contribution in [2.24, 2.45) is 5.73 Å². The molecule has 7 heteroatoms. The number of imidazole rings is 1. The molecular weight excluding hydrogens is 296 g/mol. The Labute approximate surface area is 134 Å². The van der Waals surface area contributed by atoms with E-state index >= 15 is 0 Å². The number of hydrogen-bond acceptors (Lipinski definition) is 5. The number of carboxylic acids is 1. The van der Waals surface area contributed by atoms with Crippen LogP contribution in [0.15, 0.2) is 36.7 Å². The van der Waals surface area contributed by atoms with Crippen LogP contribution in [-0.4, -0.2) is 51.3 Å². The minimum absolute atomic E-state index is 0.331. The van der Waals surface area contributed by atoms with Crippen molar-refractivity contribution in [2.75, 3.05) is 20.2 Å². The molecule has 1 atom stereocenters. The van der Waals surface area contributed by atoms with Gasteiger partial charge in [0.2, 0.25) is 0 Å². The van der Waals surface area contributed by atoms with Gasteiger partial charge in [0.1, 0.15) is 17.1 Å². The quantitative estimate of drug-likeness (QED) is 0.850. The van der Waals surface area contributed by atoms with Gasteiger partial charge < -0.3 is 20.1 Å². The van der Waals surface area contributed by atoms with Crippen LogP contribution in [0.1, 0.15) is 12.2 Å². The number of carboxylic acid groups (broad SMARTS) is 1. The standard InChI is InChI=1S/C16H20N4O3/c1-23-13-4-2-12(3-5-13)20-9-7-18-14(20)10-19-8-6-16(17,11-19)15(21)22/h2-5,7,9H,6,8,10-11,17H2,1H3,(H,21,22)/t16-/m0/s1. The first kappa shape index (κ1) is 15.5. The fourth-order valence-electron chi connectivity index (χ4n) is 2.85. The molecule has 1 aromatic heterocycles. The molecule has 0 radical (unpaired) electrons. The van der Waals surface area contributed by atoms with E-state index in [0.29, 0.717) is 26.1 Å². The summed E-state index contributed by atoms with van der Waals surface area (Å²) >= 11 is 0. The second-order valence-corrected chi connectivity index (χ2v) is 5.83. The van der Waals surface area contributed by atoms with Crippen molar-refractivity contribution in [3.05, 3.63) is 42.5 Å². The molecule has 122 valence electrons. The Kier molecular flexibility index (Phi) is 4.06. The van der Waals surface area contributed by atoms with Crippen molar-refractivity contribution in [3.8, 4) is 11.4 Å². The van der Waals surface area contributed by atoms with Gasteiger partial charge in [0.15, 0.2) is 0 Å². The van der Waals surface area contributed by atoms with Crippen molar-refractivity contribution in [1.29, 1.82) is 0 Å². The number of nitrogens with two attached hydrogens (primary N) is 1. The lowest BCUT2D eigenvalue weighted by atomic mass is 10.0. The van der Waals surface area contributed by atoms with Gasteiger partial charge >= 0.3 is 5.97 Å². The van der Waals surface area contributed by atoms with Gasteiger partial charge in [-0.1, -0.05) is 0 Å². The maximum atomic E-state index is 11.2. The molecule has 0 spiro atoms. The molecular formula is C16H20N4O3. The topological polar surface area (TPSA) is 93.6 Å². The molecule has 1 aliphatic heterocycles. The number of methoxy groups -OCH3 is 1. The molecule has 0 aliphatic carbocycles. The average Bonchev–Trinajstić information content (AvgIpc) is 3.16. The zero-order valence-electron chi connectivity index (χ0n) is 13.0. The van der Waals surface area contributed by atoms with Gasteiger partial charge in [0.25, 0.3) is 0 Å². The Hall–Kier alpha value is -2.38. The molecule has 2 heterocycles. The number of carbonyl (C=O) groups is 1. The highest BCUT2D eigenvalue weighted by atomic mass is 16.5. The summed E-state index contributed by atoms with van der Waals surface area (Å²) in [5, 5.41) is 9.21. The zero-order valence-corrected chi connectivity index (χ0v) is 13.0. The second-order valence-electron chi connectivity index (χ2n) is 5.83. The predicted octanol–water partition coefficient (Wildman–Crippen LogP) is 0.869. The van der Waals surface area contributed by atoms with Gasteiger partial charge in [-0.2, -0.15) is 0 Å². The summed E-state index contributed by atoms with van der Waals surface area (Å²) in [6.07, 6.45) is 4.08. The first-order chi connectivity index (χ1) is 11.0. The van der Waals surface area contributed by atoms with Gasteiger partial charge in [0.05, 0.1) is 13.7 Å². The smallest absolute Gasteiger partial charge is 0.325 e. The van der Waals surface area contributed by atoms with Crippen molar-refractivity contribution in [3.63, 3.8) is 0 Å². The summed E-state index contributed by atoms with van der Waals surface area (Å²) in [7, 11) is 1.63. The third-order valence-corrected chi connectivity index (χ3v) is 4.24. The SMILES string of the molecule is COc1ccc(-n2ccnc2CN2CC[C@@](N)(C(=O)O)C2)cc1. The Morgan fingerprint density at radius 2 is 2.17 bits per heavy atom. The zero-order chi connectivity index (χ0) is 16.4. The van der Waals surface area contributed by atoms with E-state index < -0.39 is 11.5 Å². The third kappa shape index (κ3) is 3.06. The number of aliphatic carboxylic acids is 1. The van der Waals surface area contributed by atoms with Gasteiger partial charge in [-0.05, 0) is 30.7 Å². The number of rotatable bonds is 5. The maximum Gasteiger partial charge on any atom is 0.325 e. The lowest BCUT2D eigenvalue weighted by Crippen LogP contribution is -2.50. The minimum Gasteiger partial charge on any atom is -0.497 e. The van der Waals surface area contributed by atoms with E-state index in [1.165, 1.54) is 0 Å². The number of nitrogens with zero attached hydrogens (tertiary/aromatic N) is 3. The molecule has 7 nitrogen and oxygen atoms in total. The number of hydrogen-bond donors (Lipinski definition) is 2. The Morgan fingerprint density at radius 3 is 2.78 bits per heavy atom. The third-order valence-electron chi connectivity index (χ3n) is 4.24. The van der Waals surface area contributed by atoms with E-state index in [1.807, 2.05) is 39.9 Å². The summed E-state index contributed by atoms with van der Waals surface area (Å²) in [4.78, 5) is 17.7. The fourth-order valence-corrected chi connectivity index (χ4v) is 2.85. The van der Waals surface area contributed by atoms with Crippen LogP contribution in [0.25, 0.3) is 5.69 Å². The number of benzene rings is 1. The molecule has 0 saturated carbocycles. The summed E-state index contributed by atoms with van der Waals surface area (Å²) in [5.41, 5.74) is 5.75. The molecule has 0 bridgehead atoms. The monoisotopic (exact) mass is 316 g/mol. The number of aromatic nitrogens is 2. The van der Waals surface area contributed by atoms with Gasteiger partial charge in [0, 0.05) is 31.2 Å². The second kappa shape index (κ2) is 6.02. The lowest BCUT2D eigenvalue weighted by Gasteiger charge is -2.20. The molecule has 23 heavy (non-hydrogen) atoms. The molecule has 1 saturated heterocycles. The van der Waals surface area contributed by atoms with Crippen LogP contribution in [-0.2, 0) is 11.3 Å². The number of ether oxygens (including phenoxy) is 1. The van der Waals surface area contributed by atoms with E-state index in [1.54, 1.807) is 13.3 Å². The van der Waals surface area contributed by atoms with Crippen molar-refractivity contribution >= 4 is 5.97 Å². The molecule has 1 aromatic carbocycles. The predicted molar refractivity (Wildman–Crippen MR) is 84.6 cm³/mol. The Bertz CT molecular complexity index is 698. The molecule has 1 fully saturated rings. The first-order valence-electron chi connectivity index (χ1n) is 7.43. The maximum absolute atomic E-state index is 11.2. The van der Waals surface area contributed by atoms with E-state index in [2.05, 4.69) is 4.98 Å². The Balaban J connectivity index is 1.75. The van der Waals surface area contributed by atoms with Crippen LogP contribution in [0.4, 0.5) is 0 Å². The summed E-state index contributed by atoms with van der Waals surface area (Å²) in [6.45, 7) is 1.54. The molecule has 3 N–H and O–H groups in total. The van der Waals surface area contributed by atoms with E-state index in [-0.39, 0.29) is 0 Å². The minimum atomic E-state index is -1.16. The van der Waals surface area contributed by atoms with E-state index in [9.17, 15) is 9.90 Å². The largest absolute Gasteiger partial charge is 0.497 e. The Morgan fingerprint density at radius 1 is 1.43 bits per heavy atom. The van der Waals surface area contributed by atoms with Crippen LogP contribution >= 0.6 is 0 Å². The van der Waals surface area contributed by atoms with E-state index in [0.717, 1.165) is 17.3 Å². The summed E-state index contributed by atoms with van der Waals surface area (Å²) in [6, 6.07) is 7.70. The van der Waals surface area contributed by atoms with Crippen LogP contribution in [0, 0.1) is 0 Å². The van der Waals surface area contributed by atoms with Crippen LogP contribution in [0.3, 0.4) is 0 Å². The average molecular weight is 316 g/mol. The van der Waals surface area contributed by atoms with Crippen molar-refractivity contribution in [2.45, 2.75) is 18.5 Å². The van der Waals surface area contributed by atoms with Gasteiger partial charge in [-0.15, -0.1) is 0 Å². The molecule has 0 unspecified atom stereocenters. The van der Waals surface area contributed by atoms with E-state index in [4.69, 9.17) is 10.5 Å². The highest BCUT2D eigenvalue weighted by Crippen LogP contribution is 2.22. The fraction of sp³-hybridized carbons (Fsp3) is 0.375. The highest BCUT2D eigenvalue weighted by Gasteiger charge is 2.41. The molecule has 1 aliphatic rings. The number of likely N-dealkylation sites (tertiary alicyclic amines) is 1. The van der Waals surface area contributed by atoms with Crippen LogP contribution in [0.5, 0.6) is 5.75 Å². The van der Waals surface area contributed by atoms with Gasteiger partial charge in [-0.25, -0.2) is 4.98 Å². The molecule has 3 rings (SSSR count). The van der Waals surface area contributed by atoms with Crippen LogP contribution in [0.2, 0.25) is 0 Å². The summed E-state index contributed by atoms with van der Waals surface area (Å²) in [5.74, 6) is 0.702. The molecule has 0 amide bonds. The van der Waals surface area contributed by atoms with Crippen LogP contribution < -0.4 is 10.5 Å². The van der Waals surface area contributed by atoms with Crippen molar-refractivity contribution in [1.82, 2.24) is 14.5 Å². The van der Waals surface area contributed by atoms with Crippen molar-refractivity contribution < 1.29 is 14.6 Å².